The Bertz CT molecular complexity index is 843. The Kier molecular flexibility index (Phi) is 5.55. The fourth-order valence-electron chi connectivity index (χ4n) is 2.14. The zero-order valence-electron chi connectivity index (χ0n) is 12.8. The highest BCUT2D eigenvalue weighted by Crippen LogP contribution is 2.26. The lowest BCUT2D eigenvalue weighted by atomic mass is 10.1. The Balaban J connectivity index is 2.22. The van der Waals surface area contributed by atoms with E-state index in [9.17, 15) is 14.7 Å². The van der Waals surface area contributed by atoms with Crippen LogP contribution in [0.15, 0.2) is 42.5 Å². The lowest BCUT2D eigenvalue weighted by molar-refractivity contribution is -0.139. The van der Waals surface area contributed by atoms with Crippen LogP contribution in [0.25, 0.3) is 0 Å². The molecule has 2 rings (SSSR count). The SMILES string of the molecule is N#Cc1cc(NC(O)c2ccccc2C(=O)O)ccc1OCC(=O)O. The number of carboxylic acid groups (broad SMARTS) is 2. The van der Waals surface area contributed by atoms with Crippen molar-refractivity contribution in [3.05, 3.63) is 59.2 Å². The Morgan fingerprint density at radius 3 is 2.56 bits per heavy atom. The smallest absolute Gasteiger partial charge is 0.341 e. The molecule has 0 saturated carbocycles. The number of rotatable bonds is 7. The normalized spacial score (nSPS) is 11.2. The molecule has 0 amide bonds. The van der Waals surface area contributed by atoms with Crippen molar-refractivity contribution < 1.29 is 29.6 Å². The molecular weight excluding hydrogens is 328 g/mol. The predicted octanol–water partition coefficient (Wildman–Crippen LogP) is 1.82. The highest BCUT2D eigenvalue weighted by molar-refractivity contribution is 5.89. The minimum Gasteiger partial charge on any atom is -0.481 e. The standard InChI is InChI=1S/C17H14N2O6/c18-8-10-7-11(5-6-14(10)25-9-15(20)21)19-16(22)12-3-1-2-4-13(12)17(23)24/h1-7,16,19,22H,9H2,(H,20,21)(H,23,24). The van der Waals surface area contributed by atoms with Crippen LogP contribution in [0.1, 0.15) is 27.7 Å². The highest BCUT2D eigenvalue weighted by Gasteiger charge is 2.17. The maximum absolute atomic E-state index is 11.2. The molecule has 0 bridgehead atoms. The third-order valence-electron chi connectivity index (χ3n) is 3.24. The Hall–Kier alpha value is -3.57. The number of aliphatic carboxylic acids is 1. The molecule has 8 heteroatoms. The minimum absolute atomic E-state index is 0.0515. The summed E-state index contributed by atoms with van der Waals surface area (Å²) in [5.74, 6) is -2.26. The molecule has 0 aromatic heterocycles. The summed E-state index contributed by atoms with van der Waals surface area (Å²) in [5.41, 5.74) is 0.529. The number of ether oxygens (including phenoxy) is 1. The second-order valence-corrected chi connectivity index (χ2v) is 4.94. The summed E-state index contributed by atoms with van der Waals surface area (Å²) in [7, 11) is 0. The van der Waals surface area contributed by atoms with Crippen LogP contribution in [0.3, 0.4) is 0 Å². The van der Waals surface area contributed by atoms with E-state index in [2.05, 4.69) is 5.32 Å². The number of aromatic carboxylic acids is 1. The zero-order chi connectivity index (χ0) is 18.4. The molecule has 2 aromatic carbocycles. The van der Waals surface area contributed by atoms with Crippen LogP contribution in [0.5, 0.6) is 5.75 Å². The second-order valence-electron chi connectivity index (χ2n) is 4.94. The molecule has 1 atom stereocenters. The number of nitriles is 1. The summed E-state index contributed by atoms with van der Waals surface area (Å²) >= 11 is 0. The predicted molar refractivity (Wildman–Crippen MR) is 86.3 cm³/mol. The van der Waals surface area contributed by atoms with E-state index >= 15 is 0 Å². The third kappa shape index (κ3) is 4.46. The summed E-state index contributed by atoms with van der Waals surface area (Å²) in [5, 5.41) is 39.8. The summed E-state index contributed by atoms with van der Waals surface area (Å²) in [6, 6.07) is 12.1. The molecule has 8 nitrogen and oxygen atoms in total. The summed E-state index contributed by atoms with van der Waals surface area (Å²) < 4.78 is 4.99. The van der Waals surface area contributed by atoms with Crippen LogP contribution < -0.4 is 10.1 Å². The van der Waals surface area contributed by atoms with Crippen LogP contribution in [0.4, 0.5) is 5.69 Å². The molecule has 1 unspecified atom stereocenters. The van der Waals surface area contributed by atoms with Gasteiger partial charge in [0.25, 0.3) is 0 Å². The molecule has 0 aliphatic rings. The molecule has 2 aromatic rings. The maximum Gasteiger partial charge on any atom is 0.341 e. The van der Waals surface area contributed by atoms with Gasteiger partial charge in [-0.1, -0.05) is 18.2 Å². The van der Waals surface area contributed by atoms with E-state index in [0.717, 1.165) is 0 Å². The van der Waals surface area contributed by atoms with Gasteiger partial charge in [0.2, 0.25) is 0 Å². The van der Waals surface area contributed by atoms with Crippen molar-refractivity contribution in [2.45, 2.75) is 6.23 Å². The van der Waals surface area contributed by atoms with E-state index in [-0.39, 0.29) is 22.4 Å². The van der Waals surface area contributed by atoms with Crippen molar-refractivity contribution in [3.8, 4) is 11.8 Å². The van der Waals surface area contributed by atoms with Crippen LogP contribution in [-0.2, 0) is 4.79 Å². The van der Waals surface area contributed by atoms with Gasteiger partial charge in [0.15, 0.2) is 12.8 Å². The zero-order valence-corrected chi connectivity index (χ0v) is 12.8. The van der Waals surface area contributed by atoms with Crippen LogP contribution in [-0.4, -0.2) is 33.9 Å². The summed E-state index contributed by atoms with van der Waals surface area (Å²) in [6.07, 6.45) is -1.32. The molecule has 0 aliphatic heterocycles. The van der Waals surface area contributed by atoms with Gasteiger partial charge in [-0.25, -0.2) is 9.59 Å². The number of aliphatic hydroxyl groups is 1. The monoisotopic (exact) mass is 342 g/mol. The van der Waals surface area contributed by atoms with E-state index in [4.69, 9.17) is 20.2 Å². The van der Waals surface area contributed by atoms with Gasteiger partial charge in [-0.3, -0.25) is 0 Å². The maximum atomic E-state index is 11.2. The number of hydrogen-bond acceptors (Lipinski definition) is 6. The first-order valence-electron chi connectivity index (χ1n) is 7.08. The quantitative estimate of drug-likeness (QED) is 0.559. The molecule has 4 N–H and O–H groups in total. The van der Waals surface area contributed by atoms with Crippen molar-refractivity contribution >= 4 is 17.6 Å². The van der Waals surface area contributed by atoms with E-state index in [1.54, 1.807) is 12.1 Å². The van der Waals surface area contributed by atoms with Crippen molar-refractivity contribution in [2.75, 3.05) is 11.9 Å². The molecule has 25 heavy (non-hydrogen) atoms. The Morgan fingerprint density at radius 2 is 1.92 bits per heavy atom. The molecule has 0 aliphatic carbocycles. The van der Waals surface area contributed by atoms with Gasteiger partial charge in [0.1, 0.15) is 11.8 Å². The fourth-order valence-corrected chi connectivity index (χ4v) is 2.14. The van der Waals surface area contributed by atoms with Gasteiger partial charge in [0.05, 0.1) is 11.1 Å². The molecule has 0 radical (unpaired) electrons. The van der Waals surface area contributed by atoms with Gasteiger partial charge >= 0.3 is 11.9 Å². The molecular formula is C17H14N2O6. The number of nitrogens with zero attached hydrogens (tertiary/aromatic N) is 1. The first-order valence-corrected chi connectivity index (χ1v) is 7.08. The Labute approximate surface area is 142 Å². The largest absolute Gasteiger partial charge is 0.481 e. The molecule has 0 saturated heterocycles. The van der Waals surface area contributed by atoms with Crippen molar-refractivity contribution in [3.63, 3.8) is 0 Å². The average Bonchev–Trinajstić information content (AvgIpc) is 2.60. The topological polar surface area (TPSA) is 140 Å². The molecule has 0 fully saturated rings. The number of carboxylic acids is 2. The molecule has 0 spiro atoms. The Morgan fingerprint density at radius 1 is 1.20 bits per heavy atom. The minimum atomic E-state index is -1.32. The number of hydrogen-bond donors (Lipinski definition) is 4. The first kappa shape index (κ1) is 17.8. The lowest BCUT2D eigenvalue weighted by Crippen LogP contribution is -2.14. The number of anilines is 1. The second kappa shape index (κ2) is 7.81. The van der Waals surface area contributed by atoms with Crippen molar-refractivity contribution in [1.29, 1.82) is 5.26 Å². The van der Waals surface area contributed by atoms with E-state index in [0.29, 0.717) is 5.69 Å². The van der Waals surface area contributed by atoms with Gasteiger partial charge < -0.3 is 25.4 Å². The van der Waals surface area contributed by atoms with Crippen LogP contribution in [0, 0.1) is 11.3 Å². The third-order valence-corrected chi connectivity index (χ3v) is 3.24. The molecule has 0 heterocycles. The van der Waals surface area contributed by atoms with Gasteiger partial charge in [-0.2, -0.15) is 5.26 Å². The van der Waals surface area contributed by atoms with E-state index < -0.39 is 24.8 Å². The van der Waals surface area contributed by atoms with Crippen LogP contribution in [0.2, 0.25) is 0 Å². The average molecular weight is 342 g/mol. The number of nitrogens with one attached hydrogen (secondary N) is 1. The molecule has 128 valence electrons. The fraction of sp³-hybridized carbons (Fsp3) is 0.118. The number of carbonyl (C=O) groups is 2. The van der Waals surface area contributed by atoms with Gasteiger partial charge in [0, 0.05) is 11.3 Å². The van der Waals surface area contributed by atoms with Crippen molar-refractivity contribution in [1.82, 2.24) is 0 Å². The number of benzene rings is 2. The van der Waals surface area contributed by atoms with Crippen molar-refractivity contribution in [2.24, 2.45) is 0 Å². The van der Waals surface area contributed by atoms with Gasteiger partial charge in [-0.05, 0) is 24.3 Å². The van der Waals surface area contributed by atoms with E-state index in [1.165, 1.54) is 30.3 Å². The highest BCUT2D eigenvalue weighted by atomic mass is 16.5. The lowest BCUT2D eigenvalue weighted by Gasteiger charge is -2.17. The summed E-state index contributed by atoms with van der Waals surface area (Å²) in [6.45, 7) is -0.587. The van der Waals surface area contributed by atoms with Crippen LogP contribution >= 0.6 is 0 Å². The first-order chi connectivity index (χ1) is 11.9. The summed E-state index contributed by atoms with van der Waals surface area (Å²) in [4.78, 5) is 21.7. The van der Waals surface area contributed by atoms with E-state index in [1.807, 2.05) is 6.07 Å². The van der Waals surface area contributed by atoms with Gasteiger partial charge in [-0.15, -0.1) is 0 Å². The number of aliphatic hydroxyl groups excluding tert-OH is 1.